The van der Waals surface area contributed by atoms with Gasteiger partial charge in [0.25, 0.3) is 11.8 Å². The number of likely N-dealkylation sites (tertiary alicyclic amines) is 1. The number of rotatable bonds is 6. The number of anilines is 2. The van der Waals surface area contributed by atoms with Crippen LogP contribution in [0, 0.1) is 0 Å². The number of aryl methyl sites for hydroxylation is 1. The first-order chi connectivity index (χ1) is 18.3. The van der Waals surface area contributed by atoms with Crippen LogP contribution in [0.5, 0.6) is 5.75 Å². The topological polar surface area (TPSA) is 115 Å². The summed E-state index contributed by atoms with van der Waals surface area (Å²) in [6.07, 6.45) is 3.53. The Balaban J connectivity index is 1.64. The fourth-order valence-electron chi connectivity index (χ4n) is 4.95. The molecule has 2 aromatic heterocycles. The normalized spacial score (nSPS) is 13.1. The first-order valence-electron chi connectivity index (χ1n) is 12.4. The van der Waals surface area contributed by atoms with Crippen LogP contribution in [0.4, 0.5) is 11.5 Å². The van der Waals surface area contributed by atoms with E-state index >= 15 is 0 Å². The number of hydrogen-bond donors (Lipinski definition) is 2. The van der Waals surface area contributed by atoms with E-state index in [9.17, 15) is 9.59 Å². The number of nitrogens with two attached hydrogens (primary N) is 1. The molecule has 2 aromatic carbocycles. The lowest BCUT2D eigenvalue weighted by Gasteiger charge is -2.16. The van der Waals surface area contributed by atoms with Crippen molar-refractivity contribution >= 4 is 34.4 Å². The number of methoxy groups -OCH3 is 1. The molecule has 1 aliphatic rings. The number of amides is 2. The Hall–Kier alpha value is -4.66. The summed E-state index contributed by atoms with van der Waals surface area (Å²) >= 11 is 0. The predicted octanol–water partition coefficient (Wildman–Crippen LogP) is 4.64. The molecule has 0 unspecified atom stereocenters. The lowest BCUT2D eigenvalue weighted by molar-refractivity contribution is -0.112. The Kier molecular flexibility index (Phi) is 6.59. The lowest BCUT2D eigenvalue weighted by Crippen LogP contribution is -2.27. The van der Waals surface area contributed by atoms with Crippen molar-refractivity contribution in [2.75, 3.05) is 31.2 Å². The number of ether oxygens (including phenoxy) is 1. The zero-order valence-corrected chi connectivity index (χ0v) is 21.7. The van der Waals surface area contributed by atoms with Gasteiger partial charge >= 0.3 is 0 Å². The van der Waals surface area contributed by atoms with Crippen LogP contribution in [-0.4, -0.2) is 51.4 Å². The SMILES string of the molecule is C=C(C)C(=O)Nc1ccc(-c2c(-c3ccc(C(=O)N4CCCC4)cc3)c3c(N)ncnc3n2C)cc1OC. The Morgan fingerprint density at radius 1 is 1.05 bits per heavy atom. The van der Waals surface area contributed by atoms with Gasteiger partial charge in [-0.3, -0.25) is 9.59 Å². The largest absolute Gasteiger partial charge is 0.495 e. The van der Waals surface area contributed by atoms with Gasteiger partial charge in [-0.15, -0.1) is 0 Å². The van der Waals surface area contributed by atoms with Crippen LogP contribution in [-0.2, 0) is 11.8 Å². The number of nitrogens with zero attached hydrogens (tertiary/aromatic N) is 4. The minimum atomic E-state index is -0.284. The molecule has 0 atom stereocenters. The number of hydrogen-bond acceptors (Lipinski definition) is 6. The molecule has 1 fully saturated rings. The summed E-state index contributed by atoms with van der Waals surface area (Å²) in [6, 6.07) is 13.2. The van der Waals surface area contributed by atoms with Gasteiger partial charge in [-0.25, -0.2) is 9.97 Å². The van der Waals surface area contributed by atoms with Crippen LogP contribution in [0.3, 0.4) is 0 Å². The van der Waals surface area contributed by atoms with Crippen molar-refractivity contribution < 1.29 is 14.3 Å². The fraction of sp³-hybridized carbons (Fsp3) is 0.241. The molecule has 5 rings (SSSR count). The van der Waals surface area contributed by atoms with Gasteiger partial charge in [-0.05, 0) is 49.6 Å². The van der Waals surface area contributed by atoms with Crippen molar-refractivity contribution in [3.05, 3.63) is 66.5 Å². The molecular weight excluding hydrogens is 480 g/mol. The minimum absolute atomic E-state index is 0.0483. The highest BCUT2D eigenvalue weighted by molar-refractivity contribution is 6.08. The summed E-state index contributed by atoms with van der Waals surface area (Å²) in [5.74, 6) is 0.625. The van der Waals surface area contributed by atoms with Crippen LogP contribution in [0.1, 0.15) is 30.1 Å². The fourth-order valence-corrected chi connectivity index (χ4v) is 4.95. The molecule has 3 heterocycles. The van der Waals surface area contributed by atoms with E-state index in [0.717, 1.165) is 53.7 Å². The Morgan fingerprint density at radius 2 is 1.74 bits per heavy atom. The number of fused-ring (bicyclic) bond motifs is 1. The predicted molar refractivity (Wildman–Crippen MR) is 149 cm³/mol. The van der Waals surface area contributed by atoms with Gasteiger partial charge in [-0.1, -0.05) is 24.8 Å². The van der Waals surface area contributed by atoms with E-state index in [1.807, 2.05) is 52.9 Å². The van der Waals surface area contributed by atoms with E-state index < -0.39 is 0 Å². The number of carbonyl (C=O) groups is 2. The van der Waals surface area contributed by atoms with Crippen LogP contribution in [0.25, 0.3) is 33.4 Å². The average Bonchev–Trinajstić information content (AvgIpc) is 3.56. The molecule has 9 nitrogen and oxygen atoms in total. The van der Waals surface area contributed by atoms with Crippen molar-refractivity contribution in [3.63, 3.8) is 0 Å². The molecule has 4 aromatic rings. The number of benzene rings is 2. The summed E-state index contributed by atoms with van der Waals surface area (Å²) in [5, 5.41) is 3.55. The average molecular weight is 511 g/mol. The van der Waals surface area contributed by atoms with Gasteiger partial charge in [0.15, 0.2) is 0 Å². The van der Waals surface area contributed by atoms with Crippen LogP contribution in [0.2, 0.25) is 0 Å². The van der Waals surface area contributed by atoms with Gasteiger partial charge in [0.1, 0.15) is 23.5 Å². The zero-order valence-electron chi connectivity index (χ0n) is 21.7. The van der Waals surface area contributed by atoms with Crippen LogP contribution < -0.4 is 15.8 Å². The van der Waals surface area contributed by atoms with E-state index in [1.165, 1.54) is 6.33 Å². The van der Waals surface area contributed by atoms with Gasteiger partial charge in [0.05, 0.1) is 23.9 Å². The van der Waals surface area contributed by atoms with E-state index in [2.05, 4.69) is 21.9 Å². The molecule has 1 saturated heterocycles. The summed E-state index contributed by atoms with van der Waals surface area (Å²) in [6.45, 7) is 6.94. The lowest BCUT2D eigenvalue weighted by atomic mass is 9.97. The molecular formula is C29H30N6O3. The second-order valence-corrected chi connectivity index (χ2v) is 9.47. The molecule has 3 N–H and O–H groups in total. The standard InChI is InChI=1S/C29H30N6O3/c1-17(2)28(36)33-21-12-11-20(15-22(21)38-4)25-23(24-26(30)31-16-32-27(24)34(25)3)18-7-9-19(10-8-18)29(37)35-13-5-6-14-35/h7-12,15-16H,1,5-6,13-14H2,2-4H3,(H,33,36)(H2,30,31,32). The van der Waals surface area contributed by atoms with Crippen LogP contribution >= 0.6 is 0 Å². The van der Waals surface area contributed by atoms with E-state index in [4.69, 9.17) is 10.5 Å². The molecule has 194 valence electrons. The van der Waals surface area contributed by atoms with E-state index in [0.29, 0.717) is 34.0 Å². The maximum Gasteiger partial charge on any atom is 0.253 e. The van der Waals surface area contributed by atoms with E-state index in [-0.39, 0.29) is 11.8 Å². The maximum atomic E-state index is 12.9. The molecule has 0 aliphatic carbocycles. The Labute approximate surface area is 220 Å². The third-order valence-electron chi connectivity index (χ3n) is 6.92. The zero-order chi connectivity index (χ0) is 27.0. The van der Waals surface area contributed by atoms with E-state index in [1.54, 1.807) is 20.1 Å². The number of carbonyl (C=O) groups excluding carboxylic acids is 2. The first-order valence-corrected chi connectivity index (χ1v) is 12.4. The monoisotopic (exact) mass is 510 g/mol. The van der Waals surface area contributed by atoms with Crippen molar-refractivity contribution in [2.45, 2.75) is 19.8 Å². The highest BCUT2D eigenvalue weighted by atomic mass is 16.5. The summed E-state index contributed by atoms with van der Waals surface area (Å²) in [4.78, 5) is 35.8. The molecule has 0 bridgehead atoms. The highest BCUT2D eigenvalue weighted by Gasteiger charge is 2.24. The van der Waals surface area contributed by atoms with Crippen molar-refractivity contribution in [1.29, 1.82) is 0 Å². The molecule has 0 radical (unpaired) electrons. The summed E-state index contributed by atoms with van der Waals surface area (Å²) < 4.78 is 7.58. The van der Waals surface area contributed by atoms with Crippen molar-refractivity contribution in [3.8, 4) is 28.1 Å². The van der Waals surface area contributed by atoms with Crippen molar-refractivity contribution in [2.24, 2.45) is 7.05 Å². The van der Waals surface area contributed by atoms with Gasteiger partial charge < -0.3 is 25.3 Å². The Morgan fingerprint density at radius 3 is 2.39 bits per heavy atom. The van der Waals surface area contributed by atoms with Gasteiger partial charge in [-0.2, -0.15) is 0 Å². The molecule has 0 saturated carbocycles. The molecule has 1 aliphatic heterocycles. The van der Waals surface area contributed by atoms with Gasteiger partial charge in [0, 0.05) is 42.4 Å². The third kappa shape index (κ3) is 4.36. The first kappa shape index (κ1) is 25.0. The van der Waals surface area contributed by atoms with Gasteiger partial charge in [0.2, 0.25) is 0 Å². The number of nitrogen functional groups attached to an aromatic ring is 1. The smallest absolute Gasteiger partial charge is 0.253 e. The number of aromatic nitrogens is 3. The quantitative estimate of drug-likeness (QED) is 0.365. The Bertz CT molecular complexity index is 1570. The second-order valence-electron chi connectivity index (χ2n) is 9.47. The molecule has 0 spiro atoms. The minimum Gasteiger partial charge on any atom is -0.495 e. The second kappa shape index (κ2) is 10.0. The number of nitrogens with one attached hydrogen (secondary N) is 1. The molecule has 9 heteroatoms. The van der Waals surface area contributed by atoms with Crippen molar-refractivity contribution in [1.82, 2.24) is 19.4 Å². The highest BCUT2D eigenvalue weighted by Crippen LogP contribution is 2.43. The maximum absolute atomic E-state index is 12.9. The summed E-state index contributed by atoms with van der Waals surface area (Å²) in [5.41, 5.74) is 12.0. The third-order valence-corrected chi connectivity index (χ3v) is 6.92. The molecule has 2 amide bonds. The van der Waals surface area contributed by atoms with Crippen LogP contribution in [0.15, 0.2) is 60.9 Å². The molecule has 38 heavy (non-hydrogen) atoms. The summed E-state index contributed by atoms with van der Waals surface area (Å²) in [7, 11) is 3.47.